The van der Waals surface area contributed by atoms with Crippen LogP contribution in [0.3, 0.4) is 0 Å². The molecule has 2 fully saturated rings. The van der Waals surface area contributed by atoms with Crippen LogP contribution in [0, 0.1) is 6.92 Å². The van der Waals surface area contributed by atoms with Crippen LogP contribution in [-0.2, 0) is 19.0 Å². The van der Waals surface area contributed by atoms with Crippen molar-refractivity contribution in [3.8, 4) is 0 Å². The van der Waals surface area contributed by atoms with Crippen LogP contribution in [0.4, 0.5) is 9.18 Å². The van der Waals surface area contributed by atoms with Gasteiger partial charge in [0.25, 0.3) is 10.1 Å². The zero-order valence-corrected chi connectivity index (χ0v) is 19.5. The quantitative estimate of drug-likeness (QED) is 0.646. The summed E-state index contributed by atoms with van der Waals surface area (Å²) in [6.07, 6.45) is -0.513. The number of hydrogen-bond acceptors (Lipinski definition) is 6. The minimum Gasteiger partial charge on any atom is -0.444 e. The van der Waals surface area contributed by atoms with E-state index in [4.69, 9.17) is 8.92 Å². The first-order valence-corrected chi connectivity index (χ1v) is 12.2. The number of halogens is 1. The molecule has 0 N–H and O–H groups in total. The van der Waals surface area contributed by atoms with E-state index in [9.17, 15) is 17.6 Å². The number of likely N-dealkylation sites (tertiary alicyclic amines) is 2. The Labute approximate surface area is 184 Å². The molecule has 3 rings (SSSR count). The molecule has 2 atom stereocenters. The van der Waals surface area contributed by atoms with Gasteiger partial charge in [-0.15, -0.1) is 0 Å². The largest absolute Gasteiger partial charge is 0.444 e. The number of piperidine rings is 2. The van der Waals surface area contributed by atoms with E-state index in [1.165, 1.54) is 4.90 Å². The van der Waals surface area contributed by atoms with Gasteiger partial charge in [0.2, 0.25) is 0 Å². The molecule has 7 nitrogen and oxygen atoms in total. The first kappa shape index (κ1) is 23.9. The summed E-state index contributed by atoms with van der Waals surface area (Å²) < 4.78 is 50.7. The Kier molecular flexibility index (Phi) is 7.28. The maximum absolute atomic E-state index is 14.9. The Morgan fingerprint density at radius 2 is 1.68 bits per heavy atom. The summed E-state index contributed by atoms with van der Waals surface area (Å²) >= 11 is 0. The van der Waals surface area contributed by atoms with Crippen LogP contribution in [0.25, 0.3) is 0 Å². The summed E-state index contributed by atoms with van der Waals surface area (Å²) in [6, 6.07) is 6.29. The summed E-state index contributed by atoms with van der Waals surface area (Å²) in [4.78, 5) is 15.8. The second-order valence-corrected chi connectivity index (χ2v) is 11.0. The fourth-order valence-electron chi connectivity index (χ4n) is 4.04. The molecule has 9 heteroatoms. The number of alkyl halides is 1. The van der Waals surface area contributed by atoms with E-state index in [1.807, 2.05) is 6.92 Å². The smallest absolute Gasteiger partial charge is 0.410 e. The third kappa shape index (κ3) is 6.40. The molecule has 1 aromatic rings. The van der Waals surface area contributed by atoms with Crippen molar-refractivity contribution in [1.82, 2.24) is 9.80 Å². The topological polar surface area (TPSA) is 76.2 Å². The van der Waals surface area contributed by atoms with Gasteiger partial charge in [-0.2, -0.15) is 8.42 Å². The molecule has 2 aliphatic rings. The van der Waals surface area contributed by atoms with Crippen LogP contribution < -0.4 is 0 Å². The standard InChI is InChI=1S/C22H33FN2O5S/c1-16-5-7-18(8-6-16)31(27,28)30-17-9-12-24(13-10-17)20-11-14-25(15-19(20)23)21(26)29-22(2,3)4/h5-8,17,19-20H,9-15H2,1-4H3/t19-,20-/m0/s1. The summed E-state index contributed by atoms with van der Waals surface area (Å²) in [5, 5.41) is 0. The molecule has 0 radical (unpaired) electrons. The number of hydrogen-bond donors (Lipinski definition) is 0. The van der Waals surface area contributed by atoms with Gasteiger partial charge in [-0.05, 0) is 59.1 Å². The van der Waals surface area contributed by atoms with E-state index in [-0.39, 0.29) is 17.5 Å². The molecule has 1 amide bonds. The highest BCUT2D eigenvalue weighted by atomic mass is 32.2. The van der Waals surface area contributed by atoms with Crippen molar-refractivity contribution in [2.45, 2.75) is 75.8 Å². The Morgan fingerprint density at radius 1 is 1.06 bits per heavy atom. The van der Waals surface area contributed by atoms with Crippen molar-refractivity contribution < 1.29 is 26.5 Å². The number of nitrogens with zero attached hydrogens (tertiary/aromatic N) is 2. The average molecular weight is 457 g/mol. The average Bonchev–Trinajstić information content (AvgIpc) is 2.67. The fraction of sp³-hybridized carbons (Fsp3) is 0.682. The van der Waals surface area contributed by atoms with E-state index in [1.54, 1.807) is 45.0 Å². The molecular formula is C22H33FN2O5S. The number of carbonyl (C=O) groups excluding carboxylic acids is 1. The monoisotopic (exact) mass is 456 g/mol. The highest BCUT2D eigenvalue weighted by Crippen LogP contribution is 2.27. The Morgan fingerprint density at radius 3 is 2.23 bits per heavy atom. The predicted octanol–water partition coefficient (Wildman–Crippen LogP) is 3.51. The molecule has 0 aliphatic carbocycles. The number of carbonyl (C=O) groups is 1. The maximum atomic E-state index is 14.9. The van der Waals surface area contributed by atoms with Crippen molar-refractivity contribution in [3.63, 3.8) is 0 Å². The molecule has 0 aromatic heterocycles. The lowest BCUT2D eigenvalue weighted by atomic mass is 9.98. The number of aryl methyl sites for hydroxylation is 1. The molecule has 0 unspecified atom stereocenters. The minimum atomic E-state index is -3.81. The highest BCUT2D eigenvalue weighted by Gasteiger charge is 2.38. The molecular weight excluding hydrogens is 423 g/mol. The Bertz CT molecular complexity index is 861. The summed E-state index contributed by atoms with van der Waals surface area (Å²) in [5.41, 5.74) is 0.367. The van der Waals surface area contributed by atoms with Gasteiger partial charge in [-0.25, -0.2) is 9.18 Å². The van der Waals surface area contributed by atoms with Gasteiger partial charge in [0.05, 0.1) is 17.5 Å². The third-order valence-electron chi connectivity index (χ3n) is 5.68. The van der Waals surface area contributed by atoms with Gasteiger partial charge in [0.1, 0.15) is 11.8 Å². The molecule has 0 spiro atoms. The van der Waals surface area contributed by atoms with Crippen molar-refractivity contribution in [2.24, 2.45) is 0 Å². The molecule has 0 bridgehead atoms. The highest BCUT2D eigenvalue weighted by molar-refractivity contribution is 7.86. The van der Waals surface area contributed by atoms with Gasteiger partial charge in [0.15, 0.2) is 0 Å². The lowest BCUT2D eigenvalue weighted by Crippen LogP contribution is -2.56. The van der Waals surface area contributed by atoms with Gasteiger partial charge in [-0.3, -0.25) is 9.08 Å². The van der Waals surface area contributed by atoms with Gasteiger partial charge in [0, 0.05) is 25.7 Å². The first-order chi connectivity index (χ1) is 14.4. The van der Waals surface area contributed by atoms with E-state index in [2.05, 4.69) is 4.90 Å². The van der Waals surface area contributed by atoms with Crippen LogP contribution in [-0.4, -0.2) is 74.4 Å². The van der Waals surface area contributed by atoms with E-state index < -0.39 is 34.1 Å². The van der Waals surface area contributed by atoms with Crippen LogP contribution >= 0.6 is 0 Å². The molecule has 31 heavy (non-hydrogen) atoms. The third-order valence-corrected chi connectivity index (χ3v) is 7.05. The number of ether oxygens (including phenoxy) is 1. The van der Waals surface area contributed by atoms with Crippen LogP contribution in [0.5, 0.6) is 0 Å². The lowest BCUT2D eigenvalue weighted by molar-refractivity contribution is -0.0150. The predicted molar refractivity (Wildman–Crippen MR) is 115 cm³/mol. The molecule has 2 heterocycles. The molecule has 1 aromatic carbocycles. The number of benzene rings is 1. The second-order valence-electron chi connectivity index (χ2n) is 9.40. The van der Waals surface area contributed by atoms with Gasteiger partial charge in [-0.1, -0.05) is 17.7 Å². The number of amides is 1. The van der Waals surface area contributed by atoms with Gasteiger partial charge >= 0.3 is 6.09 Å². The second kappa shape index (κ2) is 9.42. The van der Waals surface area contributed by atoms with Crippen molar-refractivity contribution in [3.05, 3.63) is 29.8 Å². The number of rotatable bonds is 4. The Balaban J connectivity index is 1.50. The minimum absolute atomic E-state index is 0.0117. The summed E-state index contributed by atoms with van der Waals surface area (Å²) in [7, 11) is -3.81. The van der Waals surface area contributed by atoms with Crippen molar-refractivity contribution >= 4 is 16.2 Å². The SMILES string of the molecule is Cc1ccc(S(=O)(=O)OC2CCN([C@H]3CCN(C(=O)OC(C)(C)C)C[C@@H]3F)CC2)cc1. The molecule has 0 saturated carbocycles. The molecule has 2 saturated heterocycles. The van der Waals surface area contributed by atoms with E-state index in [0.29, 0.717) is 38.9 Å². The fourth-order valence-corrected chi connectivity index (χ4v) is 5.17. The maximum Gasteiger partial charge on any atom is 0.410 e. The zero-order valence-electron chi connectivity index (χ0n) is 18.7. The molecule has 2 aliphatic heterocycles. The zero-order chi connectivity index (χ0) is 22.8. The van der Waals surface area contributed by atoms with Crippen LogP contribution in [0.2, 0.25) is 0 Å². The van der Waals surface area contributed by atoms with E-state index >= 15 is 0 Å². The summed E-state index contributed by atoms with van der Waals surface area (Å²) in [5.74, 6) is 0. The van der Waals surface area contributed by atoms with Crippen molar-refractivity contribution in [1.29, 1.82) is 0 Å². The van der Waals surface area contributed by atoms with Gasteiger partial charge < -0.3 is 9.64 Å². The van der Waals surface area contributed by atoms with Crippen LogP contribution in [0.1, 0.15) is 45.6 Å². The normalized spacial score (nSPS) is 24.2. The van der Waals surface area contributed by atoms with Crippen molar-refractivity contribution in [2.75, 3.05) is 26.2 Å². The van der Waals surface area contributed by atoms with E-state index in [0.717, 1.165) is 5.56 Å². The summed E-state index contributed by atoms with van der Waals surface area (Å²) in [6.45, 7) is 8.83. The lowest BCUT2D eigenvalue weighted by Gasteiger charge is -2.43. The first-order valence-electron chi connectivity index (χ1n) is 10.8. The molecule has 174 valence electrons. The Hall–Kier alpha value is -1.71. The van der Waals surface area contributed by atoms with Crippen LogP contribution in [0.15, 0.2) is 29.2 Å².